The number of carbonyl (C=O) groups is 3. The zero-order valence-corrected chi connectivity index (χ0v) is 12.0. The zero-order chi connectivity index (χ0) is 15.8. The number of urea groups is 1. The fraction of sp³-hybridized carbons (Fsp3) is 0.357. The number of carbonyl (C=O) groups excluding carboxylic acids is 2. The first-order chi connectivity index (χ1) is 9.95. The van der Waals surface area contributed by atoms with Gasteiger partial charge in [0, 0.05) is 13.6 Å². The molecule has 0 aliphatic rings. The van der Waals surface area contributed by atoms with Crippen molar-refractivity contribution in [2.45, 2.75) is 6.42 Å². The highest BCUT2D eigenvalue weighted by atomic mass is 16.5. The number of hydrogen-bond donors (Lipinski definition) is 2. The van der Waals surface area contributed by atoms with Crippen LogP contribution >= 0.6 is 0 Å². The van der Waals surface area contributed by atoms with Gasteiger partial charge in [-0.1, -0.05) is 18.2 Å². The molecule has 0 aliphatic carbocycles. The molecular formula is C14H18N2O5. The standard InChI is InChI=1S/C14H18N2O5/c1-16(14(20)15-9-12(17)21-2)8-7-10-5-3-4-6-11(10)13(18)19/h3-6H,7-9H2,1-2H3,(H,15,20)(H,18,19). The van der Waals surface area contributed by atoms with Gasteiger partial charge >= 0.3 is 18.0 Å². The minimum absolute atomic E-state index is 0.203. The fourth-order valence-electron chi connectivity index (χ4n) is 1.69. The molecule has 0 unspecified atom stereocenters. The first-order valence-electron chi connectivity index (χ1n) is 6.32. The highest BCUT2D eigenvalue weighted by molar-refractivity contribution is 5.89. The van der Waals surface area contributed by atoms with E-state index in [0.717, 1.165) is 0 Å². The van der Waals surface area contributed by atoms with Crippen molar-refractivity contribution in [1.82, 2.24) is 10.2 Å². The van der Waals surface area contributed by atoms with Crippen molar-refractivity contribution in [3.05, 3.63) is 35.4 Å². The average molecular weight is 294 g/mol. The molecule has 114 valence electrons. The van der Waals surface area contributed by atoms with Crippen LogP contribution in [-0.2, 0) is 16.0 Å². The third kappa shape index (κ3) is 5.13. The van der Waals surface area contributed by atoms with Crippen LogP contribution in [0.4, 0.5) is 4.79 Å². The smallest absolute Gasteiger partial charge is 0.335 e. The van der Waals surface area contributed by atoms with Crippen LogP contribution in [0.2, 0.25) is 0 Å². The molecular weight excluding hydrogens is 276 g/mol. The average Bonchev–Trinajstić information content (AvgIpc) is 2.49. The number of methoxy groups -OCH3 is 1. The fourth-order valence-corrected chi connectivity index (χ4v) is 1.69. The van der Waals surface area contributed by atoms with E-state index in [4.69, 9.17) is 5.11 Å². The quantitative estimate of drug-likeness (QED) is 0.754. The Balaban J connectivity index is 2.53. The van der Waals surface area contributed by atoms with Crippen molar-refractivity contribution < 1.29 is 24.2 Å². The number of benzene rings is 1. The van der Waals surface area contributed by atoms with Crippen molar-refractivity contribution in [3.63, 3.8) is 0 Å². The predicted octanol–water partition coefficient (Wildman–Crippen LogP) is 0.742. The van der Waals surface area contributed by atoms with Gasteiger partial charge in [0.25, 0.3) is 0 Å². The largest absolute Gasteiger partial charge is 0.478 e. The number of aromatic carboxylic acids is 1. The second-order valence-electron chi connectivity index (χ2n) is 4.37. The number of amides is 2. The normalized spacial score (nSPS) is 9.81. The molecule has 0 heterocycles. The maximum atomic E-state index is 11.7. The molecule has 0 atom stereocenters. The summed E-state index contributed by atoms with van der Waals surface area (Å²) in [6, 6.07) is 6.21. The van der Waals surface area contributed by atoms with Crippen molar-refractivity contribution in [2.75, 3.05) is 27.2 Å². The van der Waals surface area contributed by atoms with Crippen molar-refractivity contribution in [2.24, 2.45) is 0 Å². The summed E-state index contributed by atoms with van der Waals surface area (Å²) < 4.78 is 4.41. The Bertz CT molecular complexity index is 530. The van der Waals surface area contributed by atoms with E-state index in [9.17, 15) is 14.4 Å². The van der Waals surface area contributed by atoms with E-state index in [0.29, 0.717) is 18.5 Å². The Labute approximate surface area is 122 Å². The SMILES string of the molecule is COC(=O)CNC(=O)N(C)CCc1ccccc1C(=O)O. The second kappa shape index (κ2) is 7.88. The highest BCUT2D eigenvalue weighted by Gasteiger charge is 2.13. The van der Waals surface area contributed by atoms with E-state index in [1.54, 1.807) is 25.2 Å². The number of nitrogens with zero attached hydrogens (tertiary/aromatic N) is 1. The summed E-state index contributed by atoms with van der Waals surface area (Å²) in [5.41, 5.74) is 0.874. The monoisotopic (exact) mass is 294 g/mol. The minimum Gasteiger partial charge on any atom is -0.478 e. The molecule has 7 heteroatoms. The molecule has 1 rings (SSSR count). The molecule has 0 bridgehead atoms. The Morgan fingerprint density at radius 1 is 1.29 bits per heavy atom. The van der Waals surface area contributed by atoms with Crippen molar-refractivity contribution in [3.8, 4) is 0 Å². The van der Waals surface area contributed by atoms with E-state index in [-0.39, 0.29) is 12.1 Å². The lowest BCUT2D eigenvalue weighted by atomic mass is 10.0. The number of carboxylic acid groups (broad SMARTS) is 1. The van der Waals surface area contributed by atoms with Gasteiger partial charge in [-0.15, -0.1) is 0 Å². The van der Waals surface area contributed by atoms with Crippen molar-refractivity contribution in [1.29, 1.82) is 0 Å². The van der Waals surface area contributed by atoms with Crippen LogP contribution in [-0.4, -0.2) is 55.2 Å². The first kappa shape index (κ1) is 16.5. The summed E-state index contributed by atoms with van der Waals surface area (Å²) in [6.07, 6.45) is 0.407. The van der Waals surface area contributed by atoms with Gasteiger partial charge in [0.2, 0.25) is 0 Å². The van der Waals surface area contributed by atoms with Crippen LogP contribution < -0.4 is 5.32 Å². The van der Waals surface area contributed by atoms with Gasteiger partial charge in [-0.3, -0.25) is 4.79 Å². The zero-order valence-electron chi connectivity index (χ0n) is 12.0. The maximum Gasteiger partial charge on any atom is 0.335 e. The van der Waals surface area contributed by atoms with E-state index < -0.39 is 18.0 Å². The van der Waals surface area contributed by atoms with Crippen molar-refractivity contribution >= 4 is 18.0 Å². The van der Waals surface area contributed by atoms with Crippen LogP contribution in [0.25, 0.3) is 0 Å². The lowest BCUT2D eigenvalue weighted by molar-refractivity contribution is -0.139. The molecule has 7 nitrogen and oxygen atoms in total. The van der Waals surface area contributed by atoms with Crippen LogP contribution in [0.15, 0.2) is 24.3 Å². The molecule has 2 amide bonds. The number of hydrogen-bond acceptors (Lipinski definition) is 4. The summed E-state index contributed by atoms with van der Waals surface area (Å²) in [6.45, 7) is 0.128. The van der Waals surface area contributed by atoms with Crippen LogP contribution in [0, 0.1) is 0 Å². The number of nitrogens with one attached hydrogen (secondary N) is 1. The first-order valence-corrected chi connectivity index (χ1v) is 6.32. The van der Waals surface area contributed by atoms with E-state index in [2.05, 4.69) is 10.1 Å². The van der Waals surface area contributed by atoms with E-state index >= 15 is 0 Å². The molecule has 1 aromatic rings. The third-order valence-electron chi connectivity index (χ3n) is 2.92. The molecule has 0 spiro atoms. The molecule has 0 saturated carbocycles. The topological polar surface area (TPSA) is 95.9 Å². The Kier molecular flexibility index (Phi) is 6.19. The van der Waals surface area contributed by atoms with Gasteiger partial charge in [0.1, 0.15) is 6.54 Å². The van der Waals surface area contributed by atoms with Gasteiger partial charge in [-0.05, 0) is 18.1 Å². The van der Waals surface area contributed by atoms with Gasteiger partial charge < -0.3 is 20.1 Å². The lowest BCUT2D eigenvalue weighted by Gasteiger charge is -2.18. The number of carboxylic acids is 1. The molecule has 0 aliphatic heterocycles. The summed E-state index contributed by atoms with van der Waals surface area (Å²) in [4.78, 5) is 35.1. The summed E-state index contributed by atoms with van der Waals surface area (Å²) in [7, 11) is 2.80. The highest BCUT2D eigenvalue weighted by Crippen LogP contribution is 2.10. The van der Waals surface area contributed by atoms with Crippen LogP contribution in [0.1, 0.15) is 15.9 Å². The molecule has 21 heavy (non-hydrogen) atoms. The predicted molar refractivity (Wildman–Crippen MR) is 75.2 cm³/mol. The van der Waals surface area contributed by atoms with E-state index in [1.165, 1.54) is 18.1 Å². The molecule has 0 aromatic heterocycles. The van der Waals surface area contributed by atoms with Crippen LogP contribution in [0.5, 0.6) is 0 Å². The summed E-state index contributed by atoms with van der Waals surface area (Å²) >= 11 is 0. The molecule has 0 radical (unpaired) electrons. The summed E-state index contributed by atoms with van der Waals surface area (Å²) in [5.74, 6) is -1.53. The third-order valence-corrected chi connectivity index (χ3v) is 2.92. The number of ether oxygens (including phenoxy) is 1. The number of rotatable bonds is 6. The second-order valence-corrected chi connectivity index (χ2v) is 4.37. The molecule has 0 fully saturated rings. The number of likely N-dealkylation sites (N-methyl/N-ethyl adjacent to an activating group) is 1. The molecule has 2 N–H and O–H groups in total. The summed E-state index contributed by atoms with van der Waals surface area (Å²) in [5, 5.41) is 11.5. The van der Waals surface area contributed by atoms with Crippen LogP contribution in [0.3, 0.4) is 0 Å². The van der Waals surface area contributed by atoms with Gasteiger partial charge in [-0.25, -0.2) is 9.59 Å². The Morgan fingerprint density at radius 3 is 2.57 bits per heavy atom. The van der Waals surface area contributed by atoms with Gasteiger partial charge in [0.05, 0.1) is 12.7 Å². The Hall–Kier alpha value is -2.57. The van der Waals surface area contributed by atoms with Gasteiger partial charge in [0.15, 0.2) is 0 Å². The minimum atomic E-state index is -0.997. The number of esters is 1. The lowest BCUT2D eigenvalue weighted by Crippen LogP contribution is -2.41. The maximum absolute atomic E-state index is 11.7. The molecule has 0 saturated heterocycles. The van der Waals surface area contributed by atoms with Gasteiger partial charge in [-0.2, -0.15) is 0 Å². The Morgan fingerprint density at radius 2 is 1.95 bits per heavy atom. The van der Waals surface area contributed by atoms with E-state index in [1.807, 2.05) is 0 Å². The molecule has 1 aromatic carbocycles.